The van der Waals surface area contributed by atoms with Gasteiger partial charge < -0.3 is 79.1 Å². The van der Waals surface area contributed by atoms with Gasteiger partial charge in [-0.3, -0.25) is 4.79 Å². The molecule has 0 amide bonds. The molecule has 0 aromatic carbocycles. The minimum Gasteiger partial charge on any atom is -0.394 e. The summed E-state index contributed by atoms with van der Waals surface area (Å²) < 4.78 is 42.7. The molecule has 0 spiro atoms. The number of rotatable bonds is 9. The number of Topliss-reactive ketones (excluding diaryl/α,β-unsaturated/α-hetero) is 1. The van der Waals surface area contributed by atoms with Crippen LogP contribution in [0.25, 0.3) is 0 Å². The molecule has 27 atom stereocenters. The minimum absolute atomic E-state index is 0.0229. The van der Waals surface area contributed by atoms with E-state index >= 15 is 0 Å². The number of ether oxygens (including phenoxy) is 7. The Balaban J connectivity index is 0.917. The molecule has 62 heavy (non-hydrogen) atoms. The highest BCUT2D eigenvalue weighted by molar-refractivity contribution is 5.83. The van der Waals surface area contributed by atoms with Crippen LogP contribution in [-0.2, 0) is 38.0 Å². The molecule has 4 aliphatic heterocycles. The van der Waals surface area contributed by atoms with Gasteiger partial charge >= 0.3 is 0 Å². The van der Waals surface area contributed by atoms with E-state index in [1.807, 2.05) is 0 Å². The Kier molecular flexibility index (Phi) is 14.0. The number of aliphatic hydroxyl groups is 9. The number of carbonyl (C=O) groups excluding carboxylic acids is 1. The predicted molar refractivity (Wildman–Crippen MR) is 215 cm³/mol. The molecule has 9 N–H and O–H groups in total. The lowest BCUT2D eigenvalue weighted by atomic mass is 9.44. The van der Waals surface area contributed by atoms with Crippen molar-refractivity contribution in [3.05, 3.63) is 0 Å². The van der Waals surface area contributed by atoms with Gasteiger partial charge in [-0.1, -0.05) is 27.7 Å². The van der Waals surface area contributed by atoms with Crippen molar-refractivity contribution in [2.75, 3.05) is 6.61 Å². The Morgan fingerprint density at radius 3 is 1.89 bits per heavy atom. The molecular weight excluding hydrogens is 812 g/mol. The van der Waals surface area contributed by atoms with Gasteiger partial charge in [-0.15, -0.1) is 0 Å². The maximum Gasteiger partial charge on any atom is 0.189 e. The van der Waals surface area contributed by atoms with Crippen LogP contribution in [0, 0.1) is 52.3 Å². The van der Waals surface area contributed by atoms with Crippen LogP contribution in [0.3, 0.4) is 0 Å². The SMILES string of the molecule is C[C@@H]([C@@H]1CC[C@H](C)[C@@H](O[C@H]2O[C@H](C)[C@H](O)[C@@H](O)[C@H]2O)O1)[C@H]1CC[C@@H]2[C@@H]3CC(=O)[C@@H]4C[C@H](O[C@H]5O[C@H](CO)[C@@H](O)[C@H](O)[C@H]5O[C@@H]5O[C@@H](C)[C@H](O)[C@@H](O)[C@H]5O)CC[C@]4(C)[C@H]3CC[C@]12C. The fraction of sp³-hybridized carbons (Fsp3) is 0.978. The summed E-state index contributed by atoms with van der Waals surface area (Å²) in [5.41, 5.74) is -0.222. The quantitative estimate of drug-likeness (QED) is 0.143. The molecular formula is C45H74O17. The smallest absolute Gasteiger partial charge is 0.189 e. The lowest BCUT2D eigenvalue weighted by Crippen LogP contribution is -2.64. The van der Waals surface area contributed by atoms with Gasteiger partial charge in [0.25, 0.3) is 0 Å². The highest BCUT2D eigenvalue weighted by atomic mass is 16.8. The van der Waals surface area contributed by atoms with Gasteiger partial charge in [-0.05, 0) is 112 Å². The van der Waals surface area contributed by atoms with E-state index < -0.39 is 111 Å². The predicted octanol–water partition coefficient (Wildman–Crippen LogP) is 0.483. The van der Waals surface area contributed by atoms with Crippen molar-refractivity contribution >= 4 is 5.78 Å². The van der Waals surface area contributed by atoms with Crippen LogP contribution < -0.4 is 0 Å². The van der Waals surface area contributed by atoms with Crippen molar-refractivity contribution in [3.63, 3.8) is 0 Å². The number of hydrogen-bond donors (Lipinski definition) is 9. The summed E-state index contributed by atoms with van der Waals surface area (Å²) in [7, 11) is 0. The number of hydrogen-bond acceptors (Lipinski definition) is 17. The summed E-state index contributed by atoms with van der Waals surface area (Å²) in [6, 6.07) is 0. The topological polar surface area (TPSA) is 264 Å². The van der Waals surface area contributed by atoms with Gasteiger partial charge in [0.05, 0.1) is 31.0 Å². The summed E-state index contributed by atoms with van der Waals surface area (Å²) in [6.07, 6.45) is -13.0. The molecule has 17 heteroatoms. The van der Waals surface area contributed by atoms with Crippen LogP contribution in [0.1, 0.15) is 106 Å². The molecule has 0 unspecified atom stereocenters. The lowest BCUT2D eigenvalue weighted by Gasteiger charge is -2.61. The van der Waals surface area contributed by atoms with Crippen molar-refractivity contribution in [1.29, 1.82) is 0 Å². The number of ketones is 1. The van der Waals surface area contributed by atoms with E-state index in [0.717, 1.165) is 44.9 Å². The monoisotopic (exact) mass is 886 g/mol. The Labute approximate surface area is 364 Å². The van der Waals surface area contributed by atoms with Crippen molar-refractivity contribution in [3.8, 4) is 0 Å². The normalized spacial score (nSPS) is 56.4. The Bertz CT molecular complexity index is 1560. The van der Waals surface area contributed by atoms with Crippen molar-refractivity contribution in [2.24, 2.45) is 52.3 Å². The van der Waals surface area contributed by atoms with Gasteiger partial charge in [0.2, 0.25) is 0 Å². The third-order valence-corrected chi connectivity index (χ3v) is 17.7. The van der Waals surface area contributed by atoms with Crippen LogP contribution in [0.4, 0.5) is 0 Å². The van der Waals surface area contributed by atoms with E-state index in [2.05, 4.69) is 27.7 Å². The van der Waals surface area contributed by atoms with Crippen molar-refractivity contribution < 1.29 is 83.9 Å². The highest BCUT2D eigenvalue weighted by Gasteiger charge is 2.64. The molecule has 8 aliphatic rings. The second kappa shape index (κ2) is 18.3. The fourth-order valence-corrected chi connectivity index (χ4v) is 13.8. The Morgan fingerprint density at radius 2 is 1.24 bits per heavy atom. The Hall–Kier alpha value is -0.970. The summed E-state index contributed by atoms with van der Waals surface area (Å²) in [6.45, 7) is 11.6. The number of aliphatic hydroxyl groups excluding tert-OH is 9. The van der Waals surface area contributed by atoms with Crippen molar-refractivity contribution in [1.82, 2.24) is 0 Å². The van der Waals surface area contributed by atoms with E-state index in [4.69, 9.17) is 33.2 Å². The van der Waals surface area contributed by atoms with Crippen LogP contribution in [0.5, 0.6) is 0 Å². The second-order valence-electron chi connectivity index (χ2n) is 21.1. The first-order valence-corrected chi connectivity index (χ1v) is 23.4. The first-order chi connectivity index (χ1) is 29.3. The zero-order chi connectivity index (χ0) is 44.7. The zero-order valence-corrected chi connectivity index (χ0v) is 37.0. The first-order valence-electron chi connectivity index (χ1n) is 23.4. The lowest BCUT2D eigenvalue weighted by molar-refractivity contribution is -0.370. The van der Waals surface area contributed by atoms with Gasteiger partial charge in [-0.2, -0.15) is 0 Å². The summed E-state index contributed by atoms with van der Waals surface area (Å²) >= 11 is 0. The maximum absolute atomic E-state index is 14.4. The summed E-state index contributed by atoms with van der Waals surface area (Å²) in [4.78, 5) is 14.4. The van der Waals surface area contributed by atoms with Gasteiger partial charge in [-0.25, -0.2) is 0 Å². The third-order valence-electron chi connectivity index (χ3n) is 17.7. The molecule has 4 heterocycles. The highest BCUT2D eigenvalue weighted by Crippen LogP contribution is 2.68. The molecule has 0 aromatic rings. The molecule has 4 saturated carbocycles. The van der Waals surface area contributed by atoms with E-state index in [-0.39, 0.29) is 46.4 Å². The van der Waals surface area contributed by atoms with E-state index in [1.165, 1.54) is 6.92 Å². The maximum atomic E-state index is 14.4. The van der Waals surface area contributed by atoms with Crippen molar-refractivity contribution in [2.45, 2.75) is 216 Å². The standard InChI is InChI=1S/C45H74O17/c1-18-7-10-29(59-40(18)62-42-38(55)35(52)32(49)21(4)57-42)19(2)24-8-9-25-23-16-28(47)27-15-22(11-13-45(27,6)26(23)12-14-44(24,25)5)58-43-39(36(53)33(50)30(17-46)60-43)61-41-37(54)34(51)31(48)20(3)56-41/h18-27,29-43,46,48-55H,7-17H2,1-6H3/t18-,19+,20-,21+,22+,23-,24+,25+,26-,27-,29-,30+,31-,32-,33+,34+,35+,36-,37+,38+,39+,40+,41-,42+,43-,44+,45+/m0/s1. The number of fused-ring (bicyclic) bond motifs is 5. The molecule has 17 nitrogen and oxygen atoms in total. The molecule has 4 aliphatic carbocycles. The van der Waals surface area contributed by atoms with E-state index in [0.29, 0.717) is 37.0 Å². The van der Waals surface area contributed by atoms with E-state index in [1.54, 1.807) is 6.92 Å². The third kappa shape index (κ3) is 8.27. The van der Waals surface area contributed by atoms with Crippen LogP contribution in [-0.4, -0.2) is 169 Å². The summed E-state index contributed by atoms with van der Waals surface area (Å²) in [5, 5.41) is 94.4. The molecule has 0 radical (unpaired) electrons. The van der Waals surface area contributed by atoms with Crippen LogP contribution >= 0.6 is 0 Å². The molecule has 356 valence electrons. The molecule has 8 fully saturated rings. The van der Waals surface area contributed by atoms with Crippen LogP contribution in [0.2, 0.25) is 0 Å². The molecule has 4 saturated heterocycles. The zero-order valence-electron chi connectivity index (χ0n) is 37.0. The first kappa shape index (κ1) is 47.5. The largest absolute Gasteiger partial charge is 0.394 e. The Morgan fingerprint density at radius 1 is 0.629 bits per heavy atom. The van der Waals surface area contributed by atoms with Gasteiger partial charge in [0.15, 0.2) is 25.2 Å². The molecule has 8 rings (SSSR count). The average Bonchev–Trinajstić information content (AvgIpc) is 3.60. The average molecular weight is 887 g/mol. The molecule has 0 bridgehead atoms. The van der Waals surface area contributed by atoms with Crippen LogP contribution in [0.15, 0.2) is 0 Å². The van der Waals surface area contributed by atoms with Gasteiger partial charge in [0.1, 0.15) is 66.8 Å². The molecule has 0 aromatic heterocycles. The van der Waals surface area contributed by atoms with E-state index in [9.17, 15) is 50.8 Å². The number of carbonyl (C=O) groups is 1. The summed E-state index contributed by atoms with van der Waals surface area (Å²) in [5.74, 6) is 1.60. The fourth-order valence-electron chi connectivity index (χ4n) is 13.8. The van der Waals surface area contributed by atoms with Gasteiger partial charge in [0, 0.05) is 18.3 Å². The minimum atomic E-state index is -1.67. The second-order valence-corrected chi connectivity index (χ2v) is 21.1.